The van der Waals surface area contributed by atoms with E-state index in [1.54, 1.807) is 18.3 Å². The first-order chi connectivity index (χ1) is 9.90. The van der Waals surface area contributed by atoms with Crippen LogP contribution in [0.15, 0.2) is 18.3 Å². The maximum Gasteiger partial charge on any atom is 0.270 e. The summed E-state index contributed by atoms with van der Waals surface area (Å²) in [6, 6.07) is 3.39. The molecule has 0 spiro atoms. The summed E-state index contributed by atoms with van der Waals surface area (Å²) in [7, 11) is -3.14. The number of carbonyl (C=O) groups is 1. The van der Waals surface area contributed by atoms with Crippen molar-refractivity contribution in [3.05, 3.63) is 29.6 Å². The molecule has 116 valence electrons. The molecule has 1 saturated heterocycles. The van der Waals surface area contributed by atoms with Gasteiger partial charge in [-0.25, -0.2) is 12.7 Å². The summed E-state index contributed by atoms with van der Waals surface area (Å²) in [5, 5.41) is 2.89. The molecule has 0 saturated carbocycles. The summed E-state index contributed by atoms with van der Waals surface area (Å²) in [6.45, 7) is 1.26. The third-order valence-corrected chi connectivity index (χ3v) is 4.85. The molecule has 1 aliphatic heterocycles. The van der Waals surface area contributed by atoms with Gasteiger partial charge in [-0.15, -0.1) is 0 Å². The van der Waals surface area contributed by atoms with Gasteiger partial charge in [0.05, 0.1) is 6.26 Å². The lowest BCUT2D eigenvalue weighted by molar-refractivity contribution is 0.0919. The van der Waals surface area contributed by atoms with Crippen LogP contribution < -0.4 is 11.1 Å². The van der Waals surface area contributed by atoms with Gasteiger partial charge in [0.1, 0.15) is 5.69 Å². The zero-order valence-electron chi connectivity index (χ0n) is 11.9. The van der Waals surface area contributed by atoms with Gasteiger partial charge in [-0.3, -0.25) is 9.78 Å². The zero-order chi connectivity index (χ0) is 15.5. The molecule has 21 heavy (non-hydrogen) atoms. The Kier molecular flexibility index (Phi) is 4.92. The van der Waals surface area contributed by atoms with Crippen molar-refractivity contribution in [3.63, 3.8) is 0 Å². The van der Waals surface area contributed by atoms with E-state index in [0.29, 0.717) is 38.2 Å². The Balaban J connectivity index is 1.89. The number of nitrogens with one attached hydrogen (secondary N) is 1. The van der Waals surface area contributed by atoms with Crippen molar-refractivity contribution >= 4 is 15.9 Å². The average Bonchev–Trinajstić information content (AvgIpc) is 2.47. The Labute approximate surface area is 124 Å². The summed E-state index contributed by atoms with van der Waals surface area (Å²) in [5.74, 6) is -0.239. The maximum atomic E-state index is 12.1. The SMILES string of the molecule is CS(=O)(=O)N1CCC(NC(=O)c2ccc(CN)cn2)CC1. The van der Waals surface area contributed by atoms with Crippen LogP contribution in [0, 0.1) is 0 Å². The Bertz CT molecular complexity index is 592. The molecule has 0 atom stereocenters. The number of aromatic nitrogens is 1. The molecule has 1 amide bonds. The average molecular weight is 312 g/mol. The van der Waals surface area contributed by atoms with Gasteiger partial charge >= 0.3 is 0 Å². The number of pyridine rings is 1. The van der Waals surface area contributed by atoms with Gasteiger partial charge in [-0.2, -0.15) is 0 Å². The fourth-order valence-electron chi connectivity index (χ4n) is 2.27. The molecule has 1 aromatic heterocycles. The van der Waals surface area contributed by atoms with Crippen LogP contribution in [-0.2, 0) is 16.6 Å². The number of amides is 1. The van der Waals surface area contributed by atoms with Crippen molar-refractivity contribution in [2.45, 2.75) is 25.4 Å². The van der Waals surface area contributed by atoms with E-state index in [9.17, 15) is 13.2 Å². The number of piperidine rings is 1. The van der Waals surface area contributed by atoms with Gasteiger partial charge in [0, 0.05) is 31.9 Å². The molecule has 1 aromatic rings. The van der Waals surface area contributed by atoms with E-state index in [0.717, 1.165) is 5.56 Å². The van der Waals surface area contributed by atoms with Crippen LogP contribution in [0.2, 0.25) is 0 Å². The molecule has 0 bridgehead atoms. The van der Waals surface area contributed by atoms with Crippen molar-refractivity contribution in [2.24, 2.45) is 5.73 Å². The molecule has 0 aliphatic carbocycles. The molecule has 1 fully saturated rings. The molecular formula is C13H20N4O3S. The molecule has 2 rings (SSSR count). The normalized spacial score (nSPS) is 17.6. The first kappa shape index (κ1) is 15.9. The molecule has 0 aromatic carbocycles. The van der Waals surface area contributed by atoms with Crippen LogP contribution in [0.5, 0.6) is 0 Å². The van der Waals surface area contributed by atoms with E-state index in [2.05, 4.69) is 10.3 Å². The lowest BCUT2D eigenvalue weighted by Gasteiger charge is -2.30. The summed E-state index contributed by atoms with van der Waals surface area (Å²) in [4.78, 5) is 16.1. The Morgan fingerprint density at radius 3 is 2.57 bits per heavy atom. The van der Waals surface area contributed by atoms with E-state index < -0.39 is 10.0 Å². The highest BCUT2D eigenvalue weighted by atomic mass is 32.2. The lowest BCUT2D eigenvalue weighted by Crippen LogP contribution is -2.46. The summed E-state index contributed by atoms with van der Waals surface area (Å²) in [5.41, 5.74) is 6.69. The summed E-state index contributed by atoms with van der Waals surface area (Å²) < 4.78 is 24.3. The third-order valence-electron chi connectivity index (χ3n) is 3.55. The number of carbonyl (C=O) groups excluding carboxylic acids is 1. The van der Waals surface area contributed by atoms with E-state index in [1.165, 1.54) is 10.6 Å². The minimum atomic E-state index is -3.14. The highest BCUT2D eigenvalue weighted by molar-refractivity contribution is 7.88. The van der Waals surface area contributed by atoms with Crippen molar-refractivity contribution in [1.82, 2.24) is 14.6 Å². The van der Waals surface area contributed by atoms with Crippen molar-refractivity contribution in [1.29, 1.82) is 0 Å². The Morgan fingerprint density at radius 1 is 1.43 bits per heavy atom. The molecule has 3 N–H and O–H groups in total. The number of rotatable bonds is 4. The monoisotopic (exact) mass is 312 g/mol. The fourth-order valence-corrected chi connectivity index (χ4v) is 3.14. The fraction of sp³-hybridized carbons (Fsp3) is 0.538. The topological polar surface area (TPSA) is 105 Å². The van der Waals surface area contributed by atoms with Crippen molar-refractivity contribution < 1.29 is 13.2 Å². The highest BCUT2D eigenvalue weighted by Gasteiger charge is 2.26. The molecule has 8 heteroatoms. The van der Waals surface area contributed by atoms with Gasteiger partial charge in [0.15, 0.2) is 0 Å². The smallest absolute Gasteiger partial charge is 0.270 e. The van der Waals surface area contributed by atoms with E-state index in [1.807, 2.05) is 0 Å². The molecule has 7 nitrogen and oxygen atoms in total. The largest absolute Gasteiger partial charge is 0.348 e. The number of nitrogens with two attached hydrogens (primary N) is 1. The van der Waals surface area contributed by atoms with Crippen LogP contribution in [-0.4, -0.2) is 49.0 Å². The Morgan fingerprint density at radius 2 is 2.10 bits per heavy atom. The lowest BCUT2D eigenvalue weighted by atomic mass is 10.1. The molecule has 0 radical (unpaired) electrons. The van der Waals surface area contributed by atoms with Gasteiger partial charge in [-0.1, -0.05) is 6.07 Å². The van der Waals surface area contributed by atoms with Crippen LogP contribution in [0.4, 0.5) is 0 Å². The van der Waals surface area contributed by atoms with Gasteiger partial charge in [-0.05, 0) is 24.5 Å². The van der Waals surface area contributed by atoms with Crippen LogP contribution in [0.3, 0.4) is 0 Å². The quantitative estimate of drug-likeness (QED) is 0.793. The van der Waals surface area contributed by atoms with Gasteiger partial charge in [0.2, 0.25) is 10.0 Å². The number of sulfonamides is 1. The second-order valence-corrected chi connectivity index (χ2v) is 7.15. The molecular weight excluding hydrogens is 292 g/mol. The maximum absolute atomic E-state index is 12.1. The predicted octanol–water partition coefficient (Wildman–Crippen LogP) is -0.306. The highest BCUT2D eigenvalue weighted by Crippen LogP contribution is 2.13. The van der Waals surface area contributed by atoms with E-state index in [-0.39, 0.29) is 11.9 Å². The second kappa shape index (κ2) is 6.50. The molecule has 2 heterocycles. The first-order valence-electron chi connectivity index (χ1n) is 6.81. The first-order valence-corrected chi connectivity index (χ1v) is 8.66. The summed E-state index contributed by atoms with van der Waals surface area (Å²) >= 11 is 0. The van der Waals surface area contributed by atoms with Crippen LogP contribution in [0.1, 0.15) is 28.9 Å². The van der Waals surface area contributed by atoms with Crippen molar-refractivity contribution in [3.8, 4) is 0 Å². The number of hydrogen-bond donors (Lipinski definition) is 2. The number of nitrogens with zero attached hydrogens (tertiary/aromatic N) is 2. The standard InChI is InChI=1S/C13H20N4O3S/c1-21(19,20)17-6-4-11(5-7-17)16-13(18)12-3-2-10(8-14)9-15-12/h2-3,9,11H,4-8,14H2,1H3,(H,16,18). The third kappa shape index (κ3) is 4.23. The second-order valence-electron chi connectivity index (χ2n) is 5.17. The minimum absolute atomic E-state index is 0.0218. The molecule has 0 unspecified atom stereocenters. The van der Waals surface area contributed by atoms with Crippen molar-refractivity contribution in [2.75, 3.05) is 19.3 Å². The summed E-state index contributed by atoms with van der Waals surface area (Å²) in [6.07, 6.45) is 4.01. The zero-order valence-corrected chi connectivity index (χ0v) is 12.8. The number of hydrogen-bond acceptors (Lipinski definition) is 5. The Hall–Kier alpha value is -1.51. The van der Waals surface area contributed by atoms with Crippen LogP contribution in [0.25, 0.3) is 0 Å². The molecule has 1 aliphatic rings. The van der Waals surface area contributed by atoms with E-state index in [4.69, 9.17) is 5.73 Å². The van der Waals surface area contributed by atoms with Gasteiger partial charge in [0.25, 0.3) is 5.91 Å². The van der Waals surface area contributed by atoms with E-state index >= 15 is 0 Å². The minimum Gasteiger partial charge on any atom is -0.348 e. The van der Waals surface area contributed by atoms with Crippen LogP contribution >= 0.6 is 0 Å². The predicted molar refractivity (Wildman–Crippen MR) is 79.0 cm³/mol. The van der Waals surface area contributed by atoms with Gasteiger partial charge < -0.3 is 11.1 Å².